The summed E-state index contributed by atoms with van der Waals surface area (Å²) in [6.07, 6.45) is 4.44. The lowest BCUT2D eigenvalue weighted by Gasteiger charge is -2.36. The van der Waals surface area contributed by atoms with Gasteiger partial charge >= 0.3 is 0 Å². The van der Waals surface area contributed by atoms with E-state index < -0.39 is 0 Å². The van der Waals surface area contributed by atoms with Crippen molar-refractivity contribution in [2.24, 2.45) is 11.1 Å². The molecule has 102 valence electrons. The van der Waals surface area contributed by atoms with E-state index in [4.69, 9.17) is 10.5 Å². The van der Waals surface area contributed by atoms with Gasteiger partial charge in [-0.15, -0.1) is 0 Å². The molecule has 2 unspecified atom stereocenters. The Balaban J connectivity index is 2.22. The van der Waals surface area contributed by atoms with Crippen LogP contribution in [0.15, 0.2) is 0 Å². The number of rotatable bonds is 6. The van der Waals surface area contributed by atoms with Crippen molar-refractivity contribution in [2.45, 2.75) is 59.2 Å². The molecule has 0 aromatic heterocycles. The summed E-state index contributed by atoms with van der Waals surface area (Å²) in [5, 5.41) is 0. The molecule has 3 nitrogen and oxygen atoms in total. The summed E-state index contributed by atoms with van der Waals surface area (Å²) in [5.41, 5.74) is 6.04. The van der Waals surface area contributed by atoms with Crippen LogP contribution in [0.5, 0.6) is 0 Å². The van der Waals surface area contributed by atoms with E-state index in [9.17, 15) is 0 Å². The van der Waals surface area contributed by atoms with Crippen molar-refractivity contribution in [2.75, 3.05) is 26.2 Å². The fourth-order valence-electron chi connectivity index (χ4n) is 2.76. The quantitative estimate of drug-likeness (QED) is 0.776. The van der Waals surface area contributed by atoms with Gasteiger partial charge < -0.3 is 10.5 Å². The molecule has 0 aromatic carbocycles. The molecule has 0 saturated carbocycles. The SMILES string of the molecule is CC1CN(CCCC(C)(C)CCN)CC(C)O1. The Morgan fingerprint density at radius 3 is 2.29 bits per heavy atom. The van der Waals surface area contributed by atoms with Crippen LogP contribution in [-0.4, -0.2) is 43.3 Å². The van der Waals surface area contributed by atoms with E-state index in [-0.39, 0.29) is 0 Å². The standard InChI is InChI=1S/C14H30N2O/c1-12-10-16(11-13(2)17-12)9-5-6-14(3,4)7-8-15/h12-13H,5-11,15H2,1-4H3. The molecule has 3 heteroatoms. The molecule has 0 amide bonds. The molecule has 17 heavy (non-hydrogen) atoms. The summed E-state index contributed by atoms with van der Waals surface area (Å²) in [4.78, 5) is 2.54. The molecule has 0 radical (unpaired) electrons. The van der Waals surface area contributed by atoms with Crippen molar-refractivity contribution in [1.82, 2.24) is 4.90 Å². The van der Waals surface area contributed by atoms with Crippen LogP contribution in [0.25, 0.3) is 0 Å². The van der Waals surface area contributed by atoms with Crippen LogP contribution >= 0.6 is 0 Å². The lowest BCUT2D eigenvalue weighted by Crippen LogP contribution is -2.45. The highest BCUT2D eigenvalue weighted by Gasteiger charge is 2.22. The fourth-order valence-corrected chi connectivity index (χ4v) is 2.76. The Labute approximate surface area is 107 Å². The van der Waals surface area contributed by atoms with Crippen LogP contribution in [0.3, 0.4) is 0 Å². The van der Waals surface area contributed by atoms with Crippen molar-refractivity contribution < 1.29 is 4.74 Å². The van der Waals surface area contributed by atoms with Gasteiger partial charge in [-0.25, -0.2) is 0 Å². The first kappa shape index (κ1) is 14.9. The zero-order valence-corrected chi connectivity index (χ0v) is 12.0. The number of hydrogen-bond acceptors (Lipinski definition) is 3. The number of ether oxygens (including phenoxy) is 1. The molecule has 1 heterocycles. The molecule has 1 aliphatic rings. The van der Waals surface area contributed by atoms with Crippen LogP contribution < -0.4 is 5.73 Å². The van der Waals surface area contributed by atoms with Crippen molar-refractivity contribution in [3.63, 3.8) is 0 Å². The average Bonchev–Trinajstić information content (AvgIpc) is 2.15. The fraction of sp³-hybridized carbons (Fsp3) is 1.00. The molecule has 2 N–H and O–H groups in total. The van der Waals surface area contributed by atoms with Gasteiger partial charge in [0.25, 0.3) is 0 Å². The second-order valence-electron chi connectivity index (χ2n) is 6.32. The maximum Gasteiger partial charge on any atom is 0.0678 e. The minimum absolute atomic E-state index is 0.385. The van der Waals surface area contributed by atoms with Gasteiger partial charge in [-0.2, -0.15) is 0 Å². The Bertz CT molecular complexity index is 208. The lowest BCUT2D eigenvalue weighted by molar-refractivity contribution is -0.0685. The minimum Gasteiger partial charge on any atom is -0.373 e. The zero-order chi connectivity index (χ0) is 12.9. The highest BCUT2D eigenvalue weighted by Crippen LogP contribution is 2.26. The van der Waals surface area contributed by atoms with E-state index >= 15 is 0 Å². The molecule has 0 bridgehead atoms. The largest absolute Gasteiger partial charge is 0.373 e. The van der Waals surface area contributed by atoms with E-state index in [0.29, 0.717) is 17.6 Å². The second-order valence-corrected chi connectivity index (χ2v) is 6.32. The lowest BCUT2D eigenvalue weighted by atomic mass is 9.84. The number of morpholine rings is 1. The molecular formula is C14H30N2O. The predicted molar refractivity (Wildman–Crippen MR) is 73.1 cm³/mol. The first-order valence-corrected chi connectivity index (χ1v) is 7.01. The Kier molecular flexibility index (Phi) is 5.90. The van der Waals surface area contributed by atoms with Crippen LogP contribution in [0.1, 0.15) is 47.0 Å². The Morgan fingerprint density at radius 1 is 1.18 bits per heavy atom. The van der Waals surface area contributed by atoms with Crippen LogP contribution in [0, 0.1) is 5.41 Å². The normalized spacial score (nSPS) is 27.4. The van der Waals surface area contributed by atoms with E-state index in [0.717, 1.165) is 26.1 Å². The van der Waals surface area contributed by atoms with E-state index in [1.54, 1.807) is 0 Å². The molecule has 2 atom stereocenters. The summed E-state index contributed by atoms with van der Waals surface area (Å²) in [5.74, 6) is 0. The second kappa shape index (κ2) is 6.72. The molecule has 1 fully saturated rings. The molecule has 0 aromatic rings. The smallest absolute Gasteiger partial charge is 0.0678 e. The number of hydrogen-bond donors (Lipinski definition) is 1. The van der Waals surface area contributed by atoms with Crippen molar-refractivity contribution in [1.29, 1.82) is 0 Å². The first-order valence-electron chi connectivity index (χ1n) is 7.01. The Hall–Kier alpha value is -0.120. The van der Waals surface area contributed by atoms with Crippen LogP contribution in [0.2, 0.25) is 0 Å². The van der Waals surface area contributed by atoms with Gasteiger partial charge in [-0.3, -0.25) is 4.90 Å². The van der Waals surface area contributed by atoms with Gasteiger partial charge in [-0.05, 0) is 51.6 Å². The third-order valence-electron chi connectivity index (χ3n) is 3.64. The van der Waals surface area contributed by atoms with Gasteiger partial charge in [0.05, 0.1) is 12.2 Å². The zero-order valence-electron chi connectivity index (χ0n) is 12.0. The van der Waals surface area contributed by atoms with Gasteiger partial charge in [0.15, 0.2) is 0 Å². The van der Waals surface area contributed by atoms with Gasteiger partial charge in [0.1, 0.15) is 0 Å². The van der Waals surface area contributed by atoms with Gasteiger partial charge in [0.2, 0.25) is 0 Å². The topological polar surface area (TPSA) is 38.5 Å². The molecule has 1 saturated heterocycles. The van der Waals surface area contributed by atoms with Crippen molar-refractivity contribution in [3.8, 4) is 0 Å². The summed E-state index contributed by atoms with van der Waals surface area (Å²) >= 11 is 0. The maximum absolute atomic E-state index is 5.74. The van der Waals surface area contributed by atoms with Crippen LogP contribution in [-0.2, 0) is 4.74 Å². The van der Waals surface area contributed by atoms with E-state index in [1.807, 2.05) is 0 Å². The first-order chi connectivity index (χ1) is 7.93. The summed E-state index contributed by atoms with van der Waals surface area (Å²) in [6, 6.07) is 0. The average molecular weight is 242 g/mol. The third-order valence-corrected chi connectivity index (χ3v) is 3.64. The molecule has 1 aliphatic heterocycles. The monoisotopic (exact) mass is 242 g/mol. The van der Waals surface area contributed by atoms with Crippen molar-refractivity contribution in [3.05, 3.63) is 0 Å². The minimum atomic E-state index is 0.385. The highest BCUT2D eigenvalue weighted by atomic mass is 16.5. The van der Waals surface area contributed by atoms with Gasteiger partial charge in [0, 0.05) is 13.1 Å². The van der Waals surface area contributed by atoms with E-state index in [1.165, 1.54) is 19.4 Å². The Morgan fingerprint density at radius 2 is 1.76 bits per heavy atom. The van der Waals surface area contributed by atoms with Gasteiger partial charge in [-0.1, -0.05) is 13.8 Å². The summed E-state index contributed by atoms with van der Waals surface area (Å²) < 4.78 is 5.74. The molecule has 0 spiro atoms. The summed E-state index contributed by atoms with van der Waals surface area (Å²) in [7, 11) is 0. The highest BCUT2D eigenvalue weighted by molar-refractivity contribution is 4.75. The van der Waals surface area contributed by atoms with E-state index in [2.05, 4.69) is 32.6 Å². The molecule has 0 aliphatic carbocycles. The number of nitrogens with zero attached hydrogens (tertiary/aromatic N) is 1. The predicted octanol–water partition coefficient (Wildman–Crippen LogP) is 2.25. The third kappa shape index (κ3) is 5.84. The number of nitrogens with two attached hydrogens (primary N) is 1. The maximum atomic E-state index is 5.74. The molecular weight excluding hydrogens is 212 g/mol. The molecule has 1 rings (SSSR count). The van der Waals surface area contributed by atoms with Crippen molar-refractivity contribution >= 4 is 0 Å². The van der Waals surface area contributed by atoms with Crippen LogP contribution in [0.4, 0.5) is 0 Å². The summed E-state index contributed by atoms with van der Waals surface area (Å²) in [6.45, 7) is 13.2.